The van der Waals surface area contributed by atoms with Crippen LogP contribution < -0.4 is 0 Å². The van der Waals surface area contributed by atoms with Gasteiger partial charge in [-0.2, -0.15) is 0 Å². The summed E-state index contributed by atoms with van der Waals surface area (Å²) in [6, 6.07) is 4.90. The lowest BCUT2D eigenvalue weighted by molar-refractivity contribution is -0.141. The van der Waals surface area contributed by atoms with Gasteiger partial charge in [0, 0.05) is 22.1 Å². The van der Waals surface area contributed by atoms with Crippen molar-refractivity contribution in [1.82, 2.24) is 0 Å². The zero-order chi connectivity index (χ0) is 11.0. The lowest BCUT2D eigenvalue weighted by Crippen LogP contribution is -2.19. The van der Waals surface area contributed by atoms with Crippen molar-refractivity contribution >= 4 is 17.7 Å². The van der Waals surface area contributed by atoms with E-state index in [4.69, 9.17) is 5.11 Å². The van der Waals surface area contributed by atoms with Crippen LogP contribution in [0, 0.1) is 11.7 Å². The second kappa shape index (κ2) is 3.85. The van der Waals surface area contributed by atoms with E-state index in [2.05, 4.69) is 0 Å². The zero-order valence-electron chi connectivity index (χ0n) is 8.24. The predicted molar refractivity (Wildman–Crippen MR) is 56.7 cm³/mol. The number of rotatable bonds is 2. The van der Waals surface area contributed by atoms with Gasteiger partial charge in [-0.1, -0.05) is 13.0 Å². The molecule has 0 aromatic heterocycles. The van der Waals surface area contributed by atoms with Crippen molar-refractivity contribution in [2.45, 2.75) is 17.7 Å². The van der Waals surface area contributed by atoms with E-state index in [1.165, 1.54) is 17.8 Å². The van der Waals surface area contributed by atoms with E-state index in [0.29, 0.717) is 11.3 Å². The van der Waals surface area contributed by atoms with E-state index in [-0.39, 0.29) is 11.7 Å². The first kappa shape index (κ1) is 10.5. The highest BCUT2D eigenvalue weighted by Gasteiger charge is 2.33. The van der Waals surface area contributed by atoms with Crippen LogP contribution in [0.25, 0.3) is 0 Å². The molecule has 0 bridgehead atoms. The van der Waals surface area contributed by atoms with Crippen LogP contribution in [0.5, 0.6) is 0 Å². The van der Waals surface area contributed by atoms with Gasteiger partial charge in [-0.3, -0.25) is 4.79 Å². The first-order chi connectivity index (χ1) is 7.11. The maximum Gasteiger partial charge on any atom is 0.306 e. The van der Waals surface area contributed by atoms with Gasteiger partial charge in [0.15, 0.2) is 0 Å². The van der Waals surface area contributed by atoms with E-state index < -0.39 is 11.9 Å². The Labute approximate surface area is 91.5 Å². The monoisotopic (exact) mass is 226 g/mol. The van der Waals surface area contributed by atoms with Gasteiger partial charge in [-0.05, 0) is 12.1 Å². The largest absolute Gasteiger partial charge is 0.481 e. The number of fused-ring (bicyclic) bond motifs is 1. The molecule has 1 aliphatic heterocycles. The van der Waals surface area contributed by atoms with Crippen LogP contribution in [0.3, 0.4) is 0 Å². The van der Waals surface area contributed by atoms with Crippen LogP contribution in [0.4, 0.5) is 4.39 Å². The van der Waals surface area contributed by atoms with Gasteiger partial charge in [0.25, 0.3) is 0 Å². The topological polar surface area (TPSA) is 37.3 Å². The molecule has 2 unspecified atom stereocenters. The molecular formula is C11H11FO2S. The van der Waals surface area contributed by atoms with Crippen molar-refractivity contribution in [3.05, 3.63) is 29.6 Å². The molecule has 1 aromatic carbocycles. The molecule has 1 aromatic rings. The molecule has 1 heterocycles. The molecule has 0 amide bonds. The molecule has 80 valence electrons. The lowest BCUT2D eigenvalue weighted by atomic mass is 9.89. The van der Waals surface area contributed by atoms with Crippen LogP contribution in [0.1, 0.15) is 18.4 Å². The summed E-state index contributed by atoms with van der Waals surface area (Å²) in [6.07, 6.45) is 0. The molecule has 1 N–H and O–H groups in total. The van der Waals surface area contributed by atoms with Crippen molar-refractivity contribution in [3.8, 4) is 0 Å². The highest BCUT2D eigenvalue weighted by atomic mass is 32.2. The molecule has 0 fully saturated rings. The van der Waals surface area contributed by atoms with Crippen LogP contribution in [0.2, 0.25) is 0 Å². The van der Waals surface area contributed by atoms with E-state index >= 15 is 0 Å². The smallest absolute Gasteiger partial charge is 0.306 e. The Morgan fingerprint density at radius 3 is 3.07 bits per heavy atom. The Hall–Kier alpha value is -1.03. The third kappa shape index (κ3) is 1.74. The fourth-order valence-electron chi connectivity index (χ4n) is 1.83. The normalized spacial score (nSPS) is 21.1. The molecule has 2 rings (SSSR count). The number of aliphatic carboxylic acids is 1. The highest BCUT2D eigenvalue weighted by molar-refractivity contribution is 7.99. The minimum Gasteiger partial charge on any atom is -0.481 e. The van der Waals surface area contributed by atoms with Crippen molar-refractivity contribution in [2.24, 2.45) is 5.92 Å². The van der Waals surface area contributed by atoms with E-state index in [1.807, 2.05) is 6.07 Å². The second-order valence-electron chi connectivity index (χ2n) is 3.70. The number of halogens is 1. The van der Waals surface area contributed by atoms with Gasteiger partial charge in [0.2, 0.25) is 0 Å². The summed E-state index contributed by atoms with van der Waals surface area (Å²) in [4.78, 5) is 11.8. The molecule has 0 saturated heterocycles. The molecule has 0 aliphatic carbocycles. The minimum absolute atomic E-state index is 0.205. The van der Waals surface area contributed by atoms with E-state index in [1.54, 1.807) is 13.0 Å². The van der Waals surface area contributed by atoms with E-state index in [9.17, 15) is 9.18 Å². The Bertz CT molecular complexity index is 406. The minimum atomic E-state index is -0.864. The summed E-state index contributed by atoms with van der Waals surface area (Å²) in [5, 5.41) is 8.93. The van der Waals surface area contributed by atoms with Crippen molar-refractivity contribution in [1.29, 1.82) is 0 Å². The van der Waals surface area contributed by atoms with Gasteiger partial charge >= 0.3 is 5.97 Å². The summed E-state index contributed by atoms with van der Waals surface area (Å²) in [6.45, 7) is 1.63. The molecule has 2 atom stereocenters. The van der Waals surface area contributed by atoms with Gasteiger partial charge in [0.05, 0.1) is 5.92 Å². The number of carbonyl (C=O) groups is 1. The standard InChI is InChI=1S/C11H11FO2S/c1-6(11(13)14)7-5-15-9-4-2-3-8(12)10(7)9/h2-4,6-7H,5H2,1H3,(H,13,14). The number of carboxylic acids is 1. The predicted octanol–water partition coefficient (Wildman–Crippen LogP) is 2.74. The maximum atomic E-state index is 13.6. The molecule has 4 heteroatoms. The molecular weight excluding hydrogens is 215 g/mol. The summed E-state index contributed by atoms with van der Waals surface area (Å²) in [5.41, 5.74) is 0.581. The van der Waals surface area contributed by atoms with Crippen molar-refractivity contribution in [2.75, 3.05) is 5.75 Å². The van der Waals surface area contributed by atoms with Crippen LogP contribution in [-0.4, -0.2) is 16.8 Å². The van der Waals surface area contributed by atoms with Gasteiger partial charge in [0.1, 0.15) is 5.82 Å². The SMILES string of the molecule is CC(C(=O)O)C1CSc2cccc(F)c21. The van der Waals surface area contributed by atoms with Crippen LogP contribution >= 0.6 is 11.8 Å². The van der Waals surface area contributed by atoms with Crippen molar-refractivity contribution in [3.63, 3.8) is 0 Å². The lowest BCUT2D eigenvalue weighted by Gasteiger charge is -2.15. The third-order valence-corrected chi connectivity index (χ3v) is 3.99. The maximum absolute atomic E-state index is 13.6. The first-order valence-corrected chi connectivity index (χ1v) is 5.74. The molecule has 15 heavy (non-hydrogen) atoms. The number of benzene rings is 1. The van der Waals surface area contributed by atoms with Crippen molar-refractivity contribution < 1.29 is 14.3 Å². The first-order valence-electron chi connectivity index (χ1n) is 4.75. The summed E-state index contributed by atoms with van der Waals surface area (Å²) in [5.74, 6) is -1.23. The number of hydrogen-bond acceptors (Lipinski definition) is 2. The molecule has 1 aliphatic rings. The number of hydrogen-bond donors (Lipinski definition) is 1. The highest BCUT2D eigenvalue weighted by Crippen LogP contribution is 2.44. The fourth-order valence-corrected chi connectivity index (χ4v) is 3.23. The zero-order valence-corrected chi connectivity index (χ0v) is 9.05. The average Bonchev–Trinajstić information content (AvgIpc) is 2.61. The van der Waals surface area contributed by atoms with Crippen LogP contribution in [-0.2, 0) is 4.79 Å². The summed E-state index contributed by atoms with van der Waals surface area (Å²) < 4.78 is 13.6. The van der Waals surface area contributed by atoms with Gasteiger partial charge in [-0.15, -0.1) is 11.8 Å². The molecule has 2 nitrogen and oxygen atoms in total. The Kier molecular flexibility index (Phi) is 2.69. The third-order valence-electron chi connectivity index (χ3n) is 2.80. The van der Waals surface area contributed by atoms with Gasteiger partial charge < -0.3 is 5.11 Å². The average molecular weight is 226 g/mol. The Balaban J connectivity index is 2.39. The van der Waals surface area contributed by atoms with E-state index in [0.717, 1.165) is 4.90 Å². The summed E-state index contributed by atoms with van der Waals surface area (Å²) >= 11 is 1.53. The number of carboxylic acid groups (broad SMARTS) is 1. The van der Waals surface area contributed by atoms with Crippen LogP contribution in [0.15, 0.2) is 23.1 Å². The molecule has 0 radical (unpaired) electrons. The quantitative estimate of drug-likeness (QED) is 0.842. The number of thioether (sulfide) groups is 1. The fraction of sp³-hybridized carbons (Fsp3) is 0.364. The molecule has 0 spiro atoms. The second-order valence-corrected chi connectivity index (χ2v) is 4.76. The Morgan fingerprint density at radius 2 is 2.40 bits per heavy atom. The van der Waals surface area contributed by atoms with Gasteiger partial charge in [-0.25, -0.2) is 4.39 Å². The Morgan fingerprint density at radius 1 is 1.67 bits per heavy atom. The summed E-state index contributed by atoms with van der Waals surface area (Å²) in [7, 11) is 0. The molecule has 0 saturated carbocycles.